The molecule has 0 fully saturated rings. The van der Waals surface area contributed by atoms with Gasteiger partial charge in [-0.05, 0) is 123 Å². The molecule has 1 heterocycles. The predicted molar refractivity (Wildman–Crippen MR) is 332 cm³/mol. The van der Waals surface area contributed by atoms with Gasteiger partial charge < -0.3 is 86.0 Å². The van der Waals surface area contributed by atoms with Gasteiger partial charge in [0.05, 0.1) is 198 Å². The molecular formula is C67H95N2O18+. The van der Waals surface area contributed by atoms with Crippen LogP contribution in [0.5, 0.6) is 11.5 Å². The van der Waals surface area contributed by atoms with Gasteiger partial charge >= 0.3 is 0 Å². The highest BCUT2D eigenvalue weighted by Crippen LogP contribution is 2.31. The number of aryl methyl sites for hydroxylation is 4. The molecule has 480 valence electrons. The minimum Gasteiger partial charge on any atom is -0.491 e. The lowest BCUT2D eigenvalue weighted by atomic mass is 10.0. The van der Waals surface area contributed by atoms with E-state index in [2.05, 4.69) is 91.5 Å². The van der Waals surface area contributed by atoms with E-state index < -0.39 is 0 Å². The van der Waals surface area contributed by atoms with Crippen molar-refractivity contribution in [2.45, 2.75) is 27.7 Å². The summed E-state index contributed by atoms with van der Waals surface area (Å²) in [6.07, 6.45) is 2.23. The Balaban J connectivity index is 0.886. The molecule has 1 aliphatic heterocycles. The minimum absolute atomic E-state index is 0.0167. The molecule has 0 aromatic heterocycles. The van der Waals surface area contributed by atoms with Gasteiger partial charge in [-0.25, -0.2) is 9.48 Å². The van der Waals surface area contributed by atoms with Crippen molar-refractivity contribution in [3.05, 3.63) is 117 Å². The van der Waals surface area contributed by atoms with Crippen LogP contribution in [0.1, 0.15) is 44.5 Å². The summed E-state index contributed by atoms with van der Waals surface area (Å²) in [6, 6.07) is 24.3. The summed E-state index contributed by atoms with van der Waals surface area (Å²) in [5, 5.41) is 17.3. The van der Waals surface area contributed by atoms with Crippen LogP contribution in [0, 0.1) is 51.4 Å². The van der Waals surface area contributed by atoms with E-state index in [0.29, 0.717) is 198 Å². The third-order valence-electron chi connectivity index (χ3n) is 12.8. The molecule has 0 saturated heterocycles. The first-order valence-electron chi connectivity index (χ1n) is 30.2. The summed E-state index contributed by atoms with van der Waals surface area (Å²) in [7, 11) is 0. The molecule has 0 spiro atoms. The van der Waals surface area contributed by atoms with Gasteiger partial charge in [-0.2, -0.15) is 0 Å². The van der Waals surface area contributed by atoms with Crippen molar-refractivity contribution in [2.24, 2.45) is 0 Å². The van der Waals surface area contributed by atoms with Gasteiger partial charge in [0, 0.05) is 22.3 Å². The largest absolute Gasteiger partial charge is 0.491 e. The molecule has 0 radical (unpaired) electrons. The van der Waals surface area contributed by atoms with Crippen LogP contribution in [0.15, 0.2) is 72.8 Å². The molecule has 2 N–H and O–H groups in total. The molecule has 4 aromatic carbocycles. The Morgan fingerprint density at radius 3 is 0.874 bits per heavy atom. The van der Waals surface area contributed by atoms with Crippen LogP contribution in [0.3, 0.4) is 0 Å². The van der Waals surface area contributed by atoms with Gasteiger partial charge in [0.2, 0.25) is 6.34 Å². The number of hydrogen-bond donors (Lipinski definition) is 2. The second-order valence-electron chi connectivity index (χ2n) is 19.7. The lowest BCUT2D eigenvalue weighted by molar-refractivity contribution is -0.425. The molecule has 20 nitrogen and oxygen atoms in total. The fourth-order valence-corrected chi connectivity index (χ4v) is 8.77. The van der Waals surface area contributed by atoms with Crippen molar-refractivity contribution >= 4 is 17.7 Å². The highest BCUT2D eigenvalue weighted by atomic mass is 16.6. The number of anilines is 1. The van der Waals surface area contributed by atoms with Crippen molar-refractivity contribution in [2.75, 3.05) is 229 Å². The highest BCUT2D eigenvalue weighted by Gasteiger charge is 2.27. The zero-order valence-corrected chi connectivity index (χ0v) is 51.9. The maximum absolute atomic E-state index is 8.65. The first-order chi connectivity index (χ1) is 42.8. The van der Waals surface area contributed by atoms with Crippen LogP contribution in [0.2, 0.25) is 0 Å². The third-order valence-corrected chi connectivity index (χ3v) is 12.8. The number of hydrogen-bond acceptors (Lipinski definition) is 19. The monoisotopic (exact) mass is 1220 g/mol. The summed E-state index contributed by atoms with van der Waals surface area (Å²) in [4.78, 5) is 2.35. The summed E-state index contributed by atoms with van der Waals surface area (Å²) < 4.78 is 90.6. The van der Waals surface area contributed by atoms with E-state index in [0.717, 1.165) is 46.8 Å². The lowest BCUT2D eigenvalue weighted by Crippen LogP contribution is -2.20. The molecule has 0 atom stereocenters. The van der Waals surface area contributed by atoms with Crippen LogP contribution >= 0.6 is 0 Å². The first-order valence-corrected chi connectivity index (χ1v) is 30.2. The number of benzene rings is 4. The summed E-state index contributed by atoms with van der Waals surface area (Å²) >= 11 is 0. The maximum atomic E-state index is 8.65. The van der Waals surface area contributed by atoms with Gasteiger partial charge in [-0.15, -0.1) is 0 Å². The van der Waals surface area contributed by atoms with Gasteiger partial charge in [-0.1, -0.05) is 23.7 Å². The topological polar surface area (TPSA) is 194 Å². The maximum Gasteiger partial charge on any atom is 0.244 e. The molecule has 20 heteroatoms. The van der Waals surface area contributed by atoms with Crippen LogP contribution in [0.25, 0.3) is 0 Å². The predicted octanol–water partition coefficient (Wildman–Crippen LogP) is 5.89. The Hall–Kier alpha value is -5.57. The highest BCUT2D eigenvalue weighted by molar-refractivity contribution is 5.82. The van der Waals surface area contributed by atoms with Crippen molar-refractivity contribution < 1.29 is 90.6 Å². The average molecular weight is 1220 g/mol. The second-order valence-corrected chi connectivity index (χ2v) is 19.7. The van der Waals surface area contributed by atoms with Crippen molar-refractivity contribution in [1.82, 2.24) is 0 Å². The van der Waals surface area contributed by atoms with Gasteiger partial charge in [0.15, 0.2) is 0 Å². The minimum atomic E-state index is 0.0167. The molecule has 0 saturated carbocycles. The molecule has 0 aliphatic carbocycles. The Kier molecular flexibility index (Phi) is 39.4. The zero-order chi connectivity index (χ0) is 61.5. The summed E-state index contributed by atoms with van der Waals surface area (Å²) in [5.41, 5.74) is 10.9. The van der Waals surface area contributed by atoms with E-state index in [1.165, 1.54) is 33.6 Å². The van der Waals surface area contributed by atoms with E-state index in [-0.39, 0.29) is 13.2 Å². The summed E-state index contributed by atoms with van der Waals surface area (Å²) in [5.74, 6) is 14.9. The van der Waals surface area contributed by atoms with E-state index >= 15 is 0 Å². The van der Waals surface area contributed by atoms with E-state index in [4.69, 9.17) is 86.0 Å². The molecule has 0 unspecified atom stereocenters. The fraction of sp³-hybridized carbons (Fsp3) is 0.567. The molecule has 1 aliphatic rings. The van der Waals surface area contributed by atoms with Gasteiger partial charge in [0.25, 0.3) is 0 Å². The zero-order valence-electron chi connectivity index (χ0n) is 51.9. The molecule has 0 amide bonds. The number of aliphatic hydroxyl groups is 2. The standard InChI is InChI=1S/C67H95N2O18/c1-56-51-62(7-5-60-9-13-64(14-10-60)86-49-47-84-45-43-82-41-39-80-37-35-78-33-31-76-29-27-74-25-23-72-21-19-70)52-57(2)66(56)68-17-18-69(55-68)67-58(3)53-63(54-59(67)4)8-6-61-11-15-65(16-12-61)87-50-48-85-46-44-83-42-40-81-38-36-79-34-32-77-30-28-75-26-24-73-22-20-71/h9-16,51-55,70-71H,17-50H2,1-4H3/q+1. The SMILES string of the molecule is Cc1cc(C#Cc2ccc(OCCOCCOCCOCCOCCOCCOCCOCCO)cc2)cc(C)c1N1C=[N+](c2c(C)cc(C#Cc3ccc(OCCOCCOCCOCCOCCOCCOCCOCCO)cc3)cc2C)CC1. The Morgan fingerprint density at radius 2 is 0.586 bits per heavy atom. The van der Waals surface area contributed by atoms with Crippen LogP contribution in [-0.4, -0.2) is 246 Å². The molecular weight excluding hydrogens is 1120 g/mol. The number of nitrogens with zero attached hydrogens (tertiary/aromatic N) is 2. The van der Waals surface area contributed by atoms with E-state index in [1.54, 1.807) is 0 Å². The number of aliphatic hydroxyl groups excluding tert-OH is 2. The van der Waals surface area contributed by atoms with Crippen LogP contribution in [0.4, 0.5) is 11.4 Å². The van der Waals surface area contributed by atoms with Crippen LogP contribution < -0.4 is 14.4 Å². The summed E-state index contributed by atoms with van der Waals surface area (Å²) in [6.45, 7) is 24.4. The molecule has 4 aromatic rings. The Morgan fingerprint density at radius 1 is 0.333 bits per heavy atom. The van der Waals surface area contributed by atoms with E-state index in [1.807, 2.05) is 48.5 Å². The number of rotatable bonds is 50. The number of ether oxygens (including phenoxy) is 16. The molecule has 0 bridgehead atoms. The molecule has 5 rings (SSSR count). The third kappa shape index (κ3) is 32.5. The van der Waals surface area contributed by atoms with Crippen LogP contribution in [-0.2, 0) is 66.3 Å². The fourth-order valence-electron chi connectivity index (χ4n) is 8.77. The average Bonchev–Trinajstić information content (AvgIpc) is 3.02. The van der Waals surface area contributed by atoms with E-state index in [9.17, 15) is 0 Å². The Labute approximate surface area is 516 Å². The van der Waals surface area contributed by atoms with Crippen molar-refractivity contribution in [3.8, 4) is 35.2 Å². The normalized spacial score (nSPS) is 12.1. The smallest absolute Gasteiger partial charge is 0.244 e. The first kappa shape index (κ1) is 72.2. The lowest BCUT2D eigenvalue weighted by Gasteiger charge is -2.13. The van der Waals surface area contributed by atoms with Gasteiger partial charge in [0.1, 0.15) is 49.2 Å². The Bertz CT molecular complexity index is 2550. The van der Waals surface area contributed by atoms with Gasteiger partial charge in [-0.3, -0.25) is 0 Å². The second kappa shape index (κ2) is 47.4. The quantitative estimate of drug-likeness (QED) is 0.0302. The van der Waals surface area contributed by atoms with Crippen molar-refractivity contribution in [3.63, 3.8) is 0 Å². The van der Waals surface area contributed by atoms with Crippen molar-refractivity contribution in [1.29, 1.82) is 0 Å². The molecule has 87 heavy (non-hydrogen) atoms.